The van der Waals surface area contributed by atoms with Crippen LogP contribution < -0.4 is 0 Å². The Morgan fingerprint density at radius 3 is 2.14 bits per heavy atom. The highest BCUT2D eigenvalue weighted by atomic mass is 79.9. The van der Waals surface area contributed by atoms with Gasteiger partial charge in [0.05, 0.1) is 6.54 Å². The number of nitrogens with zero attached hydrogens (tertiary/aromatic N) is 1. The fourth-order valence-electron chi connectivity index (χ4n) is 3.96. The Balaban J connectivity index is 1.83. The molecule has 3 aromatic rings. The van der Waals surface area contributed by atoms with Gasteiger partial charge in [0.15, 0.2) is 5.78 Å². The predicted octanol–water partition coefficient (Wildman–Crippen LogP) is 7.62. The highest BCUT2D eigenvalue weighted by Gasteiger charge is 2.14. The average Bonchev–Trinajstić information content (AvgIpc) is 2.74. The molecule has 0 saturated heterocycles. The highest BCUT2D eigenvalue weighted by Crippen LogP contribution is 2.32. The summed E-state index contributed by atoms with van der Waals surface area (Å²) < 4.78 is 1.10. The topological polar surface area (TPSA) is 20.3 Å². The molecular weight excluding hydrogens is 422 g/mol. The number of Topliss-reactive ketones (excluding diaryl/α,β-unsaturated/α-hetero) is 1. The summed E-state index contributed by atoms with van der Waals surface area (Å²) in [5.41, 5.74) is 0.820. The third-order valence-corrected chi connectivity index (χ3v) is 6.31. The number of unbranched alkanes of at least 4 members (excludes halogenated alkanes) is 4. The van der Waals surface area contributed by atoms with Crippen molar-refractivity contribution in [1.82, 2.24) is 4.90 Å². The largest absolute Gasteiger partial charge is 0.296 e. The Bertz CT molecular complexity index is 955. The SMILES string of the molecule is CCCCCN(CCCCC)CC(=O)c1ccc2cc(Br)c3ccccc3c2c1. The lowest BCUT2D eigenvalue weighted by Crippen LogP contribution is -2.32. The number of carbonyl (C=O) groups excluding carboxylic acids is 1. The molecule has 0 aromatic heterocycles. The van der Waals surface area contributed by atoms with Gasteiger partial charge >= 0.3 is 0 Å². The number of halogens is 1. The maximum Gasteiger partial charge on any atom is 0.176 e. The van der Waals surface area contributed by atoms with Crippen molar-refractivity contribution in [3.05, 3.63) is 58.6 Å². The smallest absolute Gasteiger partial charge is 0.176 e. The fraction of sp³-hybridized carbons (Fsp3) is 0.423. The van der Waals surface area contributed by atoms with Gasteiger partial charge in [-0.2, -0.15) is 0 Å². The quantitative estimate of drug-likeness (QED) is 0.169. The molecular formula is C26H32BrNO. The standard InChI is InChI=1S/C26H32BrNO/c1-3-5-9-15-28(16-10-6-4-2)19-26(29)21-14-13-20-18-25(27)23-12-8-7-11-22(23)24(20)17-21/h7-8,11-14,17-18H,3-6,9-10,15-16,19H2,1-2H3. The summed E-state index contributed by atoms with van der Waals surface area (Å²) in [6.45, 7) is 7.02. The molecule has 0 heterocycles. The second-order valence-electron chi connectivity index (χ2n) is 7.95. The number of ketones is 1. The number of hydrogen-bond donors (Lipinski definition) is 0. The van der Waals surface area contributed by atoms with E-state index in [-0.39, 0.29) is 5.78 Å². The number of benzene rings is 3. The molecule has 29 heavy (non-hydrogen) atoms. The van der Waals surface area contributed by atoms with Crippen LogP contribution in [-0.4, -0.2) is 30.3 Å². The molecule has 0 saturated carbocycles. The summed E-state index contributed by atoms with van der Waals surface area (Å²) in [5, 5.41) is 4.69. The van der Waals surface area contributed by atoms with Crippen LogP contribution in [0.25, 0.3) is 21.5 Å². The van der Waals surface area contributed by atoms with Gasteiger partial charge in [0.1, 0.15) is 0 Å². The lowest BCUT2D eigenvalue weighted by atomic mass is 9.98. The van der Waals surface area contributed by atoms with Crippen LogP contribution in [0.3, 0.4) is 0 Å². The highest BCUT2D eigenvalue weighted by molar-refractivity contribution is 9.10. The lowest BCUT2D eigenvalue weighted by molar-refractivity contribution is 0.0928. The number of carbonyl (C=O) groups is 1. The van der Waals surface area contributed by atoms with Crippen LogP contribution in [0.4, 0.5) is 0 Å². The summed E-state index contributed by atoms with van der Waals surface area (Å²) in [7, 11) is 0. The van der Waals surface area contributed by atoms with Gasteiger partial charge in [-0.15, -0.1) is 0 Å². The van der Waals surface area contributed by atoms with Gasteiger partial charge in [-0.25, -0.2) is 0 Å². The Labute approximate surface area is 183 Å². The number of fused-ring (bicyclic) bond motifs is 3. The molecule has 0 aliphatic heterocycles. The van der Waals surface area contributed by atoms with Crippen molar-refractivity contribution in [2.24, 2.45) is 0 Å². The number of rotatable bonds is 11. The van der Waals surface area contributed by atoms with Gasteiger partial charge in [0.2, 0.25) is 0 Å². The minimum absolute atomic E-state index is 0.229. The minimum atomic E-state index is 0.229. The predicted molar refractivity (Wildman–Crippen MR) is 129 cm³/mol. The molecule has 0 atom stereocenters. The summed E-state index contributed by atoms with van der Waals surface area (Å²) in [5.74, 6) is 0.229. The molecule has 2 nitrogen and oxygen atoms in total. The normalized spacial score (nSPS) is 11.6. The van der Waals surface area contributed by atoms with Gasteiger partial charge in [0, 0.05) is 10.0 Å². The van der Waals surface area contributed by atoms with Crippen molar-refractivity contribution >= 4 is 43.3 Å². The lowest BCUT2D eigenvalue weighted by Gasteiger charge is -2.21. The zero-order valence-electron chi connectivity index (χ0n) is 17.7. The monoisotopic (exact) mass is 453 g/mol. The molecule has 0 aliphatic rings. The van der Waals surface area contributed by atoms with Gasteiger partial charge in [-0.05, 0) is 59.6 Å². The van der Waals surface area contributed by atoms with Crippen LogP contribution >= 0.6 is 15.9 Å². The Hall–Kier alpha value is -1.71. The van der Waals surface area contributed by atoms with E-state index in [1.165, 1.54) is 49.3 Å². The van der Waals surface area contributed by atoms with Crippen molar-refractivity contribution in [2.45, 2.75) is 52.4 Å². The van der Waals surface area contributed by atoms with Crippen molar-refractivity contribution in [2.75, 3.05) is 19.6 Å². The van der Waals surface area contributed by atoms with Gasteiger partial charge in [-0.1, -0.05) is 91.9 Å². The van der Waals surface area contributed by atoms with Crippen LogP contribution in [-0.2, 0) is 0 Å². The Morgan fingerprint density at radius 1 is 0.828 bits per heavy atom. The van der Waals surface area contributed by atoms with Crippen molar-refractivity contribution in [3.63, 3.8) is 0 Å². The van der Waals surface area contributed by atoms with Crippen molar-refractivity contribution in [3.8, 4) is 0 Å². The Kier molecular flexibility index (Phi) is 8.26. The van der Waals surface area contributed by atoms with E-state index in [0.29, 0.717) is 6.54 Å². The van der Waals surface area contributed by atoms with E-state index in [2.05, 4.69) is 77.1 Å². The molecule has 0 spiro atoms. The van der Waals surface area contributed by atoms with Crippen molar-refractivity contribution in [1.29, 1.82) is 0 Å². The summed E-state index contributed by atoms with van der Waals surface area (Å²) in [4.78, 5) is 15.5. The maximum atomic E-state index is 13.1. The molecule has 0 fully saturated rings. The van der Waals surface area contributed by atoms with E-state index in [0.717, 1.165) is 33.9 Å². The van der Waals surface area contributed by atoms with Gasteiger partial charge in [0.25, 0.3) is 0 Å². The zero-order chi connectivity index (χ0) is 20.6. The third-order valence-electron chi connectivity index (χ3n) is 5.66. The number of hydrogen-bond acceptors (Lipinski definition) is 2. The molecule has 154 valence electrons. The van der Waals surface area contributed by atoms with Gasteiger partial charge < -0.3 is 0 Å². The molecule has 3 rings (SSSR count). The summed E-state index contributed by atoms with van der Waals surface area (Å²) >= 11 is 3.68. The summed E-state index contributed by atoms with van der Waals surface area (Å²) in [6.07, 6.45) is 7.23. The maximum absolute atomic E-state index is 13.1. The first kappa shape index (κ1) is 22.0. The zero-order valence-corrected chi connectivity index (χ0v) is 19.3. The van der Waals surface area contributed by atoms with E-state index in [4.69, 9.17) is 0 Å². The molecule has 0 aliphatic carbocycles. The second kappa shape index (κ2) is 10.9. The fourth-order valence-corrected chi connectivity index (χ4v) is 4.56. The molecule has 3 aromatic carbocycles. The van der Waals surface area contributed by atoms with E-state index in [1.54, 1.807) is 0 Å². The van der Waals surface area contributed by atoms with Crippen LogP contribution in [0, 0.1) is 0 Å². The van der Waals surface area contributed by atoms with Gasteiger partial charge in [-0.3, -0.25) is 9.69 Å². The molecule has 0 unspecified atom stereocenters. The third kappa shape index (κ3) is 5.67. The molecule has 0 bridgehead atoms. The molecule has 0 radical (unpaired) electrons. The van der Waals surface area contributed by atoms with Crippen molar-refractivity contribution < 1.29 is 4.79 Å². The minimum Gasteiger partial charge on any atom is -0.296 e. The van der Waals surface area contributed by atoms with E-state index < -0.39 is 0 Å². The summed E-state index contributed by atoms with van der Waals surface area (Å²) in [6, 6.07) is 16.7. The van der Waals surface area contributed by atoms with E-state index in [1.807, 2.05) is 6.07 Å². The first-order valence-corrected chi connectivity index (χ1v) is 11.8. The molecule has 3 heteroatoms. The van der Waals surface area contributed by atoms with Crippen LogP contribution in [0.15, 0.2) is 53.0 Å². The molecule has 0 amide bonds. The Morgan fingerprint density at radius 2 is 1.48 bits per heavy atom. The van der Waals surface area contributed by atoms with Crippen LogP contribution in [0.5, 0.6) is 0 Å². The van der Waals surface area contributed by atoms with E-state index in [9.17, 15) is 4.79 Å². The molecule has 0 N–H and O–H groups in total. The van der Waals surface area contributed by atoms with Crippen LogP contribution in [0.1, 0.15) is 62.7 Å². The first-order chi connectivity index (χ1) is 14.1. The van der Waals surface area contributed by atoms with Crippen LogP contribution in [0.2, 0.25) is 0 Å². The second-order valence-corrected chi connectivity index (χ2v) is 8.81. The average molecular weight is 454 g/mol. The van der Waals surface area contributed by atoms with E-state index >= 15 is 0 Å². The first-order valence-electron chi connectivity index (χ1n) is 11.0.